The summed E-state index contributed by atoms with van der Waals surface area (Å²) in [5.41, 5.74) is 2.23. The maximum absolute atomic E-state index is 12.0. The van der Waals surface area contributed by atoms with Crippen LogP contribution in [-0.4, -0.2) is 25.8 Å². The van der Waals surface area contributed by atoms with Crippen LogP contribution in [0.5, 0.6) is 11.5 Å². The molecule has 1 aliphatic heterocycles. The van der Waals surface area contributed by atoms with Crippen LogP contribution in [0.15, 0.2) is 35.0 Å². The zero-order chi connectivity index (χ0) is 16.1. The van der Waals surface area contributed by atoms with E-state index < -0.39 is 0 Å². The van der Waals surface area contributed by atoms with Crippen molar-refractivity contribution in [2.75, 3.05) is 19.8 Å². The third kappa shape index (κ3) is 4.16. The molecule has 23 heavy (non-hydrogen) atoms. The van der Waals surface area contributed by atoms with Gasteiger partial charge in [-0.2, -0.15) is 11.3 Å². The van der Waals surface area contributed by atoms with Crippen molar-refractivity contribution in [1.29, 1.82) is 0 Å². The van der Waals surface area contributed by atoms with E-state index >= 15 is 0 Å². The molecule has 1 atom stereocenters. The van der Waals surface area contributed by atoms with Crippen molar-refractivity contribution in [1.82, 2.24) is 10.6 Å². The number of hydrogen-bond acceptors (Lipinski definition) is 4. The maximum Gasteiger partial charge on any atom is 0.315 e. The van der Waals surface area contributed by atoms with Crippen LogP contribution in [0.1, 0.15) is 24.1 Å². The van der Waals surface area contributed by atoms with Crippen molar-refractivity contribution in [3.8, 4) is 11.5 Å². The van der Waals surface area contributed by atoms with Crippen LogP contribution >= 0.6 is 11.3 Å². The van der Waals surface area contributed by atoms with Crippen LogP contribution in [0, 0.1) is 0 Å². The Kier molecular flexibility index (Phi) is 5.02. The minimum absolute atomic E-state index is 0.105. The third-order valence-corrected chi connectivity index (χ3v) is 4.43. The number of carbonyl (C=O) groups is 1. The molecule has 0 saturated carbocycles. The van der Waals surface area contributed by atoms with Gasteiger partial charge in [0.25, 0.3) is 0 Å². The van der Waals surface area contributed by atoms with Gasteiger partial charge < -0.3 is 20.1 Å². The second-order valence-electron chi connectivity index (χ2n) is 5.41. The molecule has 1 unspecified atom stereocenters. The molecule has 2 amide bonds. The number of ether oxygens (including phenoxy) is 2. The van der Waals surface area contributed by atoms with Crippen LogP contribution in [0.25, 0.3) is 0 Å². The van der Waals surface area contributed by atoms with Gasteiger partial charge in [0, 0.05) is 6.54 Å². The largest absolute Gasteiger partial charge is 0.486 e. The lowest BCUT2D eigenvalue weighted by Gasteiger charge is -2.21. The Labute approximate surface area is 139 Å². The smallest absolute Gasteiger partial charge is 0.315 e. The normalized spacial score (nSPS) is 14.1. The standard InChI is InChI=1S/C17H20N2O3S/c1-12(14-2-3-15-16(10-14)22-8-7-21-15)19-17(20)18-6-4-13-5-9-23-11-13/h2-3,5,9-12H,4,6-8H2,1H3,(H2,18,19,20). The van der Waals surface area contributed by atoms with Crippen molar-refractivity contribution < 1.29 is 14.3 Å². The topological polar surface area (TPSA) is 59.6 Å². The highest BCUT2D eigenvalue weighted by Gasteiger charge is 2.15. The first-order valence-corrected chi connectivity index (χ1v) is 8.61. The van der Waals surface area contributed by atoms with E-state index in [9.17, 15) is 4.79 Å². The molecule has 122 valence electrons. The molecule has 0 bridgehead atoms. The molecule has 1 aromatic carbocycles. The van der Waals surface area contributed by atoms with Crippen LogP contribution in [-0.2, 0) is 6.42 Å². The summed E-state index contributed by atoms with van der Waals surface area (Å²) < 4.78 is 11.1. The molecule has 0 radical (unpaired) electrons. The highest BCUT2D eigenvalue weighted by atomic mass is 32.1. The summed E-state index contributed by atoms with van der Waals surface area (Å²) in [6, 6.07) is 7.56. The molecule has 0 fully saturated rings. The summed E-state index contributed by atoms with van der Waals surface area (Å²) in [5.74, 6) is 1.49. The number of rotatable bonds is 5. The van der Waals surface area contributed by atoms with Gasteiger partial charge in [-0.1, -0.05) is 6.07 Å². The maximum atomic E-state index is 12.0. The Morgan fingerprint density at radius 3 is 2.87 bits per heavy atom. The van der Waals surface area contributed by atoms with Crippen molar-refractivity contribution in [2.24, 2.45) is 0 Å². The molecule has 6 heteroatoms. The number of urea groups is 1. The minimum Gasteiger partial charge on any atom is -0.486 e. The van der Waals surface area contributed by atoms with E-state index in [2.05, 4.69) is 22.1 Å². The number of thiophene rings is 1. The van der Waals surface area contributed by atoms with Gasteiger partial charge in [0.2, 0.25) is 0 Å². The Hall–Kier alpha value is -2.21. The van der Waals surface area contributed by atoms with Crippen molar-refractivity contribution in [3.05, 3.63) is 46.2 Å². The second kappa shape index (κ2) is 7.37. The second-order valence-corrected chi connectivity index (χ2v) is 6.19. The minimum atomic E-state index is -0.164. The van der Waals surface area contributed by atoms with Gasteiger partial charge in [-0.3, -0.25) is 0 Å². The predicted molar refractivity (Wildman–Crippen MR) is 90.4 cm³/mol. The van der Waals surface area contributed by atoms with Gasteiger partial charge in [-0.05, 0) is 53.4 Å². The molecule has 2 N–H and O–H groups in total. The van der Waals surface area contributed by atoms with E-state index in [1.54, 1.807) is 11.3 Å². The summed E-state index contributed by atoms with van der Waals surface area (Å²) in [6.45, 7) is 3.70. The SMILES string of the molecule is CC(NC(=O)NCCc1ccsc1)c1ccc2c(c1)OCCO2. The molecular weight excluding hydrogens is 312 g/mol. The number of benzene rings is 1. The van der Waals surface area contributed by atoms with Crippen LogP contribution in [0.3, 0.4) is 0 Å². The average Bonchev–Trinajstić information content (AvgIpc) is 3.07. The zero-order valence-corrected chi connectivity index (χ0v) is 13.8. The Bertz CT molecular complexity index is 658. The number of hydrogen-bond donors (Lipinski definition) is 2. The first-order valence-electron chi connectivity index (χ1n) is 7.67. The van der Waals surface area contributed by atoms with Gasteiger partial charge in [0.05, 0.1) is 6.04 Å². The Morgan fingerprint density at radius 1 is 1.26 bits per heavy atom. The van der Waals surface area contributed by atoms with E-state index in [-0.39, 0.29) is 12.1 Å². The first kappa shape index (κ1) is 15.7. The first-order chi connectivity index (χ1) is 11.2. The van der Waals surface area contributed by atoms with E-state index in [0.29, 0.717) is 19.8 Å². The highest BCUT2D eigenvalue weighted by Crippen LogP contribution is 2.32. The molecule has 0 saturated heterocycles. The van der Waals surface area contributed by atoms with E-state index in [0.717, 1.165) is 23.5 Å². The van der Waals surface area contributed by atoms with Crippen molar-refractivity contribution in [2.45, 2.75) is 19.4 Å². The average molecular weight is 332 g/mol. The Balaban J connectivity index is 1.50. The lowest BCUT2D eigenvalue weighted by molar-refractivity contribution is 0.171. The Morgan fingerprint density at radius 2 is 2.09 bits per heavy atom. The number of fused-ring (bicyclic) bond motifs is 1. The molecule has 0 aliphatic carbocycles. The predicted octanol–water partition coefficient (Wildman–Crippen LogP) is 3.12. The third-order valence-electron chi connectivity index (χ3n) is 3.69. The van der Waals surface area contributed by atoms with Crippen molar-refractivity contribution in [3.63, 3.8) is 0 Å². The zero-order valence-electron chi connectivity index (χ0n) is 13.0. The summed E-state index contributed by atoms with van der Waals surface area (Å²) in [5, 5.41) is 9.96. The molecule has 2 aromatic rings. The molecule has 2 heterocycles. The lowest BCUT2D eigenvalue weighted by Crippen LogP contribution is -2.38. The molecule has 1 aliphatic rings. The lowest BCUT2D eigenvalue weighted by atomic mass is 10.1. The summed E-state index contributed by atoms with van der Waals surface area (Å²) in [4.78, 5) is 12.0. The highest BCUT2D eigenvalue weighted by molar-refractivity contribution is 7.07. The fraction of sp³-hybridized carbons (Fsp3) is 0.353. The van der Waals surface area contributed by atoms with Gasteiger partial charge in [-0.25, -0.2) is 4.79 Å². The van der Waals surface area contributed by atoms with E-state index in [1.807, 2.05) is 30.5 Å². The van der Waals surface area contributed by atoms with Crippen LogP contribution in [0.2, 0.25) is 0 Å². The van der Waals surface area contributed by atoms with Crippen LogP contribution in [0.4, 0.5) is 4.79 Å². The fourth-order valence-corrected chi connectivity index (χ4v) is 3.12. The molecule has 3 rings (SSSR count). The van der Waals surface area contributed by atoms with E-state index in [4.69, 9.17) is 9.47 Å². The number of nitrogens with one attached hydrogen (secondary N) is 2. The molecular formula is C17H20N2O3S. The van der Waals surface area contributed by atoms with E-state index in [1.165, 1.54) is 5.56 Å². The number of amides is 2. The summed E-state index contributed by atoms with van der Waals surface area (Å²) in [6.07, 6.45) is 0.843. The van der Waals surface area contributed by atoms with Crippen LogP contribution < -0.4 is 20.1 Å². The van der Waals surface area contributed by atoms with Gasteiger partial charge >= 0.3 is 6.03 Å². The van der Waals surface area contributed by atoms with Gasteiger partial charge in [0.1, 0.15) is 13.2 Å². The summed E-state index contributed by atoms with van der Waals surface area (Å²) in [7, 11) is 0. The molecule has 1 aromatic heterocycles. The van der Waals surface area contributed by atoms with Gasteiger partial charge in [-0.15, -0.1) is 0 Å². The van der Waals surface area contributed by atoms with Gasteiger partial charge in [0.15, 0.2) is 11.5 Å². The summed E-state index contributed by atoms with van der Waals surface area (Å²) >= 11 is 1.67. The molecule has 5 nitrogen and oxygen atoms in total. The monoisotopic (exact) mass is 332 g/mol. The quantitative estimate of drug-likeness (QED) is 0.884. The van der Waals surface area contributed by atoms with Crippen molar-refractivity contribution >= 4 is 17.4 Å². The number of carbonyl (C=O) groups excluding carboxylic acids is 1. The fourth-order valence-electron chi connectivity index (χ4n) is 2.42. The molecule has 0 spiro atoms.